The molecule has 1 unspecified atom stereocenters. The van der Waals surface area contributed by atoms with Crippen LogP contribution >= 0.6 is 22.9 Å². The number of primary amides is 1. The van der Waals surface area contributed by atoms with Gasteiger partial charge in [-0.15, -0.1) is 11.3 Å². The highest BCUT2D eigenvalue weighted by Gasteiger charge is 2.35. The van der Waals surface area contributed by atoms with Gasteiger partial charge in [-0.25, -0.2) is 4.98 Å². The minimum atomic E-state index is -4.74. The van der Waals surface area contributed by atoms with Crippen LogP contribution in [0.15, 0.2) is 41.3 Å². The van der Waals surface area contributed by atoms with Crippen molar-refractivity contribution in [1.82, 2.24) is 14.8 Å². The van der Waals surface area contributed by atoms with Gasteiger partial charge in [0.25, 0.3) is 5.91 Å². The summed E-state index contributed by atoms with van der Waals surface area (Å²) in [4.78, 5) is 28.4. The highest BCUT2D eigenvalue weighted by Crippen LogP contribution is 2.43. The molecule has 0 aliphatic heterocycles. The van der Waals surface area contributed by atoms with Crippen LogP contribution < -0.4 is 11.1 Å². The number of fused-ring (bicyclic) bond motifs is 1. The number of carbonyl (C=O) groups is 2. The number of nitrogens with two attached hydrogens (primary N) is 1. The van der Waals surface area contributed by atoms with Crippen LogP contribution in [0.25, 0.3) is 21.5 Å². The Kier molecular flexibility index (Phi) is 5.89. The largest absolute Gasteiger partial charge is 0.464 e. The summed E-state index contributed by atoms with van der Waals surface area (Å²) in [6.07, 6.45) is -0.484. The second kappa shape index (κ2) is 8.52. The van der Waals surface area contributed by atoms with E-state index in [1.807, 2.05) is 0 Å². The van der Waals surface area contributed by atoms with Gasteiger partial charge in [0.15, 0.2) is 0 Å². The fourth-order valence-electron chi connectivity index (χ4n) is 3.21. The van der Waals surface area contributed by atoms with Crippen molar-refractivity contribution in [3.05, 3.63) is 52.4 Å². The maximum absolute atomic E-state index is 13.5. The smallest absolute Gasteiger partial charge is 0.433 e. The first-order chi connectivity index (χ1) is 15.5. The SMILES string of the molecule is CC(Cn1cc(Cl)cn1)C(=O)Nc1c(C(N)=O)sc2nc(C(F)(F)F)cc(-c3ccco3)c12. The van der Waals surface area contributed by atoms with Crippen molar-refractivity contribution in [3.8, 4) is 11.3 Å². The molecule has 0 radical (unpaired) electrons. The summed E-state index contributed by atoms with van der Waals surface area (Å²) in [5, 5.41) is 7.18. The maximum Gasteiger partial charge on any atom is 0.433 e. The first-order valence-electron chi connectivity index (χ1n) is 9.42. The zero-order valence-corrected chi connectivity index (χ0v) is 18.4. The molecule has 0 aliphatic carbocycles. The van der Waals surface area contributed by atoms with Crippen LogP contribution in [0.1, 0.15) is 22.3 Å². The van der Waals surface area contributed by atoms with E-state index < -0.39 is 29.6 Å². The Hall–Kier alpha value is -3.38. The van der Waals surface area contributed by atoms with E-state index in [2.05, 4.69) is 15.4 Å². The van der Waals surface area contributed by atoms with Crippen LogP contribution in [-0.2, 0) is 17.5 Å². The molecule has 4 aromatic rings. The lowest BCUT2D eigenvalue weighted by molar-refractivity contribution is -0.140. The molecule has 4 aromatic heterocycles. The summed E-state index contributed by atoms with van der Waals surface area (Å²) in [6.45, 7) is 1.80. The number of nitrogens with one attached hydrogen (secondary N) is 1. The van der Waals surface area contributed by atoms with Gasteiger partial charge in [0.05, 0.1) is 35.6 Å². The maximum atomic E-state index is 13.5. The first-order valence-corrected chi connectivity index (χ1v) is 10.6. The lowest BCUT2D eigenvalue weighted by atomic mass is 10.1. The molecule has 2 amide bonds. The van der Waals surface area contributed by atoms with E-state index in [1.165, 1.54) is 35.5 Å². The Bertz CT molecular complexity index is 1350. The number of anilines is 1. The molecule has 0 aromatic carbocycles. The molecule has 8 nitrogen and oxygen atoms in total. The number of amides is 2. The zero-order valence-electron chi connectivity index (χ0n) is 16.8. The van der Waals surface area contributed by atoms with Gasteiger partial charge >= 0.3 is 6.18 Å². The van der Waals surface area contributed by atoms with Crippen molar-refractivity contribution in [1.29, 1.82) is 0 Å². The second-order valence-corrected chi connectivity index (χ2v) is 8.59. The van der Waals surface area contributed by atoms with Crippen LogP contribution in [0.3, 0.4) is 0 Å². The van der Waals surface area contributed by atoms with Crippen LogP contribution in [0.2, 0.25) is 5.02 Å². The fraction of sp³-hybridized carbons (Fsp3) is 0.200. The first kappa shape index (κ1) is 22.8. The van der Waals surface area contributed by atoms with Gasteiger partial charge in [-0.1, -0.05) is 18.5 Å². The van der Waals surface area contributed by atoms with E-state index in [4.69, 9.17) is 21.8 Å². The number of hydrogen-bond donors (Lipinski definition) is 2. The zero-order chi connectivity index (χ0) is 23.9. The number of thiophene rings is 1. The van der Waals surface area contributed by atoms with Crippen molar-refractivity contribution in [2.45, 2.75) is 19.6 Å². The van der Waals surface area contributed by atoms with E-state index >= 15 is 0 Å². The Morgan fingerprint density at radius 3 is 2.73 bits per heavy atom. The van der Waals surface area contributed by atoms with Gasteiger partial charge in [0.1, 0.15) is 21.2 Å². The topological polar surface area (TPSA) is 116 Å². The second-order valence-electron chi connectivity index (χ2n) is 7.15. The number of pyridine rings is 1. The molecule has 4 heterocycles. The third kappa shape index (κ3) is 4.57. The van der Waals surface area contributed by atoms with Gasteiger partial charge < -0.3 is 15.5 Å². The number of nitrogens with zero attached hydrogens (tertiary/aromatic N) is 3. The fourth-order valence-corrected chi connectivity index (χ4v) is 4.37. The van der Waals surface area contributed by atoms with Crippen LogP contribution in [0, 0.1) is 5.92 Å². The number of furan rings is 1. The number of rotatable bonds is 6. The lowest BCUT2D eigenvalue weighted by Gasteiger charge is -2.14. The van der Waals surface area contributed by atoms with E-state index in [0.717, 1.165) is 6.07 Å². The number of halogens is 4. The van der Waals surface area contributed by atoms with Crippen molar-refractivity contribution in [2.24, 2.45) is 11.7 Å². The number of hydrogen-bond acceptors (Lipinski definition) is 6. The molecule has 3 N–H and O–H groups in total. The normalized spacial score (nSPS) is 12.8. The van der Waals surface area contributed by atoms with Crippen molar-refractivity contribution < 1.29 is 27.2 Å². The average Bonchev–Trinajstić information content (AvgIpc) is 3.47. The third-order valence-electron chi connectivity index (χ3n) is 4.72. The summed E-state index contributed by atoms with van der Waals surface area (Å²) >= 11 is 6.50. The van der Waals surface area contributed by atoms with Gasteiger partial charge in [-0.3, -0.25) is 14.3 Å². The molecule has 0 fully saturated rings. The molecular formula is C20H15ClF3N5O3S. The molecular weight excluding hydrogens is 483 g/mol. The van der Waals surface area contributed by atoms with Crippen molar-refractivity contribution >= 4 is 50.7 Å². The number of alkyl halides is 3. The monoisotopic (exact) mass is 497 g/mol. The van der Waals surface area contributed by atoms with E-state index in [9.17, 15) is 22.8 Å². The molecule has 4 rings (SSSR count). The quantitative estimate of drug-likeness (QED) is 0.397. The molecule has 33 heavy (non-hydrogen) atoms. The van der Waals surface area contributed by atoms with E-state index in [-0.39, 0.29) is 38.6 Å². The van der Waals surface area contributed by atoms with Crippen LogP contribution in [-0.4, -0.2) is 26.6 Å². The van der Waals surface area contributed by atoms with E-state index in [1.54, 1.807) is 6.92 Å². The minimum absolute atomic E-state index is 0.0166. The molecule has 172 valence electrons. The molecule has 0 saturated heterocycles. The summed E-state index contributed by atoms with van der Waals surface area (Å²) in [7, 11) is 0. The molecule has 13 heteroatoms. The predicted octanol–water partition coefficient (Wildman–Crippen LogP) is 4.80. The van der Waals surface area contributed by atoms with Gasteiger partial charge in [-0.05, 0) is 18.2 Å². The van der Waals surface area contributed by atoms with Crippen LogP contribution in [0.4, 0.5) is 18.9 Å². The Morgan fingerprint density at radius 1 is 1.39 bits per heavy atom. The number of carbonyl (C=O) groups excluding carboxylic acids is 2. The Labute approximate surface area is 193 Å². The summed E-state index contributed by atoms with van der Waals surface area (Å²) in [5.74, 6) is -1.95. The third-order valence-corrected chi connectivity index (χ3v) is 6.01. The van der Waals surface area contributed by atoms with Gasteiger partial charge in [-0.2, -0.15) is 18.3 Å². The Morgan fingerprint density at radius 2 is 2.15 bits per heavy atom. The van der Waals surface area contributed by atoms with Crippen molar-refractivity contribution in [3.63, 3.8) is 0 Å². The highest BCUT2D eigenvalue weighted by atomic mass is 35.5. The average molecular weight is 498 g/mol. The summed E-state index contributed by atoms with van der Waals surface area (Å²) in [5.41, 5.74) is 4.29. The summed E-state index contributed by atoms with van der Waals surface area (Å²) < 4.78 is 47.2. The highest BCUT2D eigenvalue weighted by molar-refractivity contribution is 7.21. The molecule has 0 bridgehead atoms. The van der Waals surface area contributed by atoms with Gasteiger partial charge in [0.2, 0.25) is 5.91 Å². The summed E-state index contributed by atoms with van der Waals surface area (Å²) in [6, 6.07) is 3.78. The molecule has 1 atom stereocenters. The minimum Gasteiger partial charge on any atom is -0.464 e. The predicted molar refractivity (Wildman–Crippen MR) is 116 cm³/mol. The molecule has 0 aliphatic rings. The Balaban J connectivity index is 1.82. The number of aromatic nitrogens is 3. The van der Waals surface area contributed by atoms with Crippen LogP contribution in [0.5, 0.6) is 0 Å². The van der Waals surface area contributed by atoms with E-state index in [0.29, 0.717) is 16.4 Å². The lowest BCUT2D eigenvalue weighted by Crippen LogP contribution is -2.25. The standard InChI is InChI=1S/C20H15ClF3N5O3S/c1-9(7-29-8-10(21)6-26-29)18(31)28-15-14-11(12-3-2-4-32-12)5-13(20(22,23)24)27-19(14)33-16(15)17(25)30/h2-6,8-9H,7H2,1H3,(H2,25,30)(H,28,31). The molecule has 0 saturated carbocycles. The molecule has 0 spiro atoms. The van der Waals surface area contributed by atoms with Crippen molar-refractivity contribution in [2.75, 3.05) is 5.32 Å². The van der Waals surface area contributed by atoms with Gasteiger partial charge in [0, 0.05) is 17.1 Å².